The molecule has 0 saturated heterocycles. The fourth-order valence-electron chi connectivity index (χ4n) is 1.58. The van der Waals surface area contributed by atoms with Crippen LogP contribution >= 0.6 is 11.8 Å². The monoisotopic (exact) mass is 278 g/mol. The maximum absolute atomic E-state index is 5.61. The van der Waals surface area contributed by atoms with Gasteiger partial charge in [-0.2, -0.15) is 0 Å². The lowest BCUT2D eigenvalue weighted by Gasteiger charge is -2.19. The van der Waals surface area contributed by atoms with E-state index in [-0.39, 0.29) is 5.41 Å². The van der Waals surface area contributed by atoms with Crippen LogP contribution in [0.5, 0.6) is 5.75 Å². The third kappa shape index (κ3) is 3.73. The highest BCUT2D eigenvalue weighted by Crippen LogP contribution is 2.24. The summed E-state index contributed by atoms with van der Waals surface area (Å²) in [6.45, 7) is 6.85. The second-order valence-corrected chi connectivity index (χ2v) is 5.99. The first kappa shape index (κ1) is 13.9. The second-order valence-electron chi connectivity index (χ2n) is 5.23. The zero-order valence-electron chi connectivity index (χ0n) is 11.6. The first-order chi connectivity index (χ1) is 8.99. The zero-order chi connectivity index (χ0) is 13.9. The molecule has 19 heavy (non-hydrogen) atoms. The highest BCUT2D eigenvalue weighted by atomic mass is 32.2. The van der Waals surface area contributed by atoms with Crippen LogP contribution in [-0.4, -0.2) is 16.5 Å². The third-order valence-electron chi connectivity index (χ3n) is 2.71. The zero-order valence-corrected chi connectivity index (χ0v) is 12.5. The van der Waals surface area contributed by atoms with Gasteiger partial charge in [-0.3, -0.25) is 0 Å². The quantitative estimate of drug-likeness (QED) is 0.799. The SMILES string of the molecule is CSc1nnc(COc2ccc(C(C)(C)C)cc2)o1. The molecule has 0 unspecified atom stereocenters. The van der Waals surface area contributed by atoms with Gasteiger partial charge in [-0.25, -0.2) is 0 Å². The van der Waals surface area contributed by atoms with E-state index in [0.29, 0.717) is 17.7 Å². The Balaban J connectivity index is 1.96. The molecule has 0 aliphatic carbocycles. The minimum atomic E-state index is 0.151. The summed E-state index contributed by atoms with van der Waals surface area (Å²) in [5, 5.41) is 8.31. The Bertz CT molecular complexity index is 529. The van der Waals surface area contributed by atoms with Crippen molar-refractivity contribution in [3.63, 3.8) is 0 Å². The van der Waals surface area contributed by atoms with E-state index in [2.05, 4.69) is 43.1 Å². The summed E-state index contributed by atoms with van der Waals surface area (Å²) in [7, 11) is 0. The molecule has 1 aromatic heterocycles. The Labute approximate surface area is 117 Å². The largest absolute Gasteiger partial charge is 0.484 e. The van der Waals surface area contributed by atoms with Crippen molar-refractivity contribution in [1.82, 2.24) is 10.2 Å². The van der Waals surface area contributed by atoms with Gasteiger partial charge in [-0.15, -0.1) is 10.2 Å². The average Bonchev–Trinajstić information content (AvgIpc) is 2.84. The summed E-state index contributed by atoms with van der Waals surface area (Å²) in [5.41, 5.74) is 1.43. The molecule has 1 aromatic carbocycles. The molecule has 0 atom stereocenters. The van der Waals surface area contributed by atoms with Crippen LogP contribution in [0.1, 0.15) is 32.2 Å². The van der Waals surface area contributed by atoms with Gasteiger partial charge >= 0.3 is 0 Å². The van der Waals surface area contributed by atoms with Crippen LogP contribution in [0.4, 0.5) is 0 Å². The number of thioether (sulfide) groups is 1. The minimum absolute atomic E-state index is 0.151. The summed E-state index contributed by atoms with van der Waals surface area (Å²) in [6.07, 6.45) is 1.89. The number of nitrogens with zero attached hydrogens (tertiary/aromatic N) is 2. The molecule has 0 N–H and O–H groups in total. The molecule has 4 nitrogen and oxygen atoms in total. The van der Waals surface area contributed by atoms with Crippen LogP contribution in [0, 0.1) is 0 Å². The molecular formula is C14H18N2O2S. The van der Waals surface area contributed by atoms with Crippen LogP contribution in [0.15, 0.2) is 33.9 Å². The Morgan fingerprint density at radius 1 is 1.16 bits per heavy atom. The lowest BCUT2D eigenvalue weighted by molar-refractivity contribution is 0.252. The maximum Gasteiger partial charge on any atom is 0.276 e. The highest BCUT2D eigenvalue weighted by Gasteiger charge is 2.13. The van der Waals surface area contributed by atoms with E-state index in [1.54, 1.807) is 0 Å². The lowest BCUT2D eigenvalue weighted by Crippen LogP contribution is -2.10. The van der Waals surface area contributed by atoms with E-state index in [4.69, 9.17) is 9.15 Å². The summed E-state index contributed by atoms with van der Waals surface area (Å²) in [5.74, 6) is 1.29. The smallest absolute Gasteiger partial charge is 0.276 e. The van der Waals surface area contributed by atoms with Gasteiger partial charge < -0.3 is 9.15 Å². The predicted molar refractivity (Wildman–Crippen MR) is 75.6 cm³/mol. The van der Waals surface area contributed by atoms with E-state index >= 15 is 0 Å². The Kier molecular flexibility index (Phi) is 4.14. The summed E-state index contributed by atoms with van der Waals surface area (Å²) in [6, 6.07) is 8.09. The van der Waals surface area contributed by atoms with Crippen molar-refractivity contribution in [1.29, 1.82) is 0 Å². The van der Waals surface area contributed by atoms with Crippen LogP contribution < -0.4 is 4.74 Å². The van der Waals surface area contributed by atoms with Gasteiger partial charge in [-0.05, 0) is 29.4 Å². The van der Waals surface area contributed by atoms with Crippen LogP contribution in [0.3, 0.4) is 0 Å². The van der Waals surface area contributed by atoms with E-state index < -0.39 is 0 Å². The number of hydrogen-bond acceptors (Lipinski definition) is 5. The molecule has 0 spiro atoms. The first-order valence-electron chi connectivity index (χ1n) is 6.09. The maximum atomic E-state index is 5.61. The average molecular weight is 278 g/mol. The van der Waals surface area contributed by atoms with Gasteiger partial charge in [0, 0.05) is 0 Å². The van der Waals surface area contributed by atoms with Crippen molar-refractivity contribution in [2.75, 3.05) is 6.26 Å². The Morgan fingerprint density at radius 3 is 2.37 bits per heavy atom. The molecule has 0 amide bonds. The molecule has 5 heteroatoms. The number of benzene rings is 1. The Morgan fingerprint density at radius 2 is 1.84 bits per heavy atom. The minimum Gasteiger partial charge on any atom is -0.484 e. The van der Waals surface area contributed by atoms with E-state index in [9.17, 15) is 0 Å². The van der Waals surface area contributed by atoms with Gasteiger partial charge in [0.2, 0.25) is 0 Å². The lowest BCUT2D eigenvalue weighted by atomic mass is 9.87. The number of ether oxygens (including phenoxy) is 1. The van der Waals surface area contributed by atoms with Crippen LogP contribution in [0.2, 0.25) is 0 Å². The van der Waals surface area contributed by atoms with Gasteiger partial charge in [0.15, 0.2) is 6.61 Å². The predicted octanol–water partition coefficient (Wildman–Crippen LogP) is 3.67. The van der Waals surface area contributed by atoms with Crippen LogP contribution in [-0.2, 0) is 12.0 Å². The second kappa shape index (κ2) is 5.65. The van der Waals surface area contributed by atoms with Gasteiger partial charge in [0.25, 0.3) is 11.1 Å². The number of rotatable bonds is 4. The molecule has 0 saturated carbocycles. The number of aromatic nitrogens is 2. The van der Waals surface area contributed by atoms with Crippen molar-refractivity contribution >= 4 is 11.8 Å². The topological polar surface area (TPSA) is 48.2 Å². The molecule has 2 aromatic rings. The molecule has 102 valence electrons. The molecule has 0 bridgehead atoms. The summed E-state index contributed by atoms with van der Waals surface area (Å²) in [4.78, 5) is 0. The van der Waals surface area contributed by atoms with E-state index in [1.807, 2.05) is 18.4 Å². The van der Waals surface area contributed by atoms with Gasteiger partial charge in [-0.1, -0.05) is 44.7 Å². The molecule has 0 aliphatic rings. The number of hydrogen-bond donors (Lipinski definition) is 0. The third-order valence-corrected chi connectivity index (χ3v) is 3.22. The van der Waals surface area contributed by atoms with Gasteiger partial charge in [0.05, 0.1) is 0 Å². The van der Waals surface area contributed by atoms with Gasteiger partial charge in [0.1, 0.15) is 5.75 Å². The van der Waals surface area contributed by atoms with Crippen molar-refractivity contribution < 1.29 is 9.15 Å². The fraction of sp³-hybridized carbons (Fsp3) is 0.429. The van der Waals surface area contributed by atoms with Crippen molar-refractivity contribution in [3.05, 3.63) is 35.7 Å². The van der Waals surface area contributed by atoms with Crippen molar-refractivity contribution in [3.8, 4) is 5.75 Å². The van der Waals surface area contributed by atoms with E-state index in [1.165, 1.54) is 17.3 Å². The summed E-state index contributed by atoms with van der Waals surface area (Å²) >= 11 is 1.42. The highest BCUT2D eigenvalue weighted by molar-refractivity contribution is 7.98. The van der Waals surface area contributed by atoms with Crippen molar-refractivity contribution in [2.24, 2.45) is 0 Å². The molecule has 2 rings (SSSR count). The molecule has 0 fully saturated rings. The van der Waals surface area contributed by atoms with E-state index in [0.717, 1.165) is 5.75 Å². The normalized spacial score (nSPS) is 11.6. The molecule has 0 radical (unpaired) electrons. The van der Waals surface area contributed by atoms with Crippen LogP contribution in [0.25, 0.3) is 0 Å². The van der Waals surface area contributed by atoms with Crippen molar-refractivity contribution in [2.45, 2.75) is 38.0 Å². The first-order valence-corrected chi connectivity index (χ1v) is 7.31. The molecule has 0 aliphatic heterocycles. The molecular weight excluding hydrogens is 260 g/mol. The fourth-order valence-corrected chi connectivity index (χ4v) is 1.88. The molecule has 1 heterocycles. The Hall–Kier alpha value is -1.49. The summed E-state index contributed by atoms with van der Waals surface area (Å²) < 4.78 is 11.0. The standard InChI is InChI=1S/C14H18N2O2S/c1-14(2,3)10-5-7-11(8-6-10)17-9-12-15-16-13(18-12)19-4/h5-8H,9H2,1-4H3.